The van der Waals surface area contributed by atoms with Crippen molar-refractivity contribution in [2.75, 3.05) is 19.5 Å². The van der Waals surface area contributed by atoms with Crippen molar-refractivity contribution in [1.82, 2.24) is 9.87 Å². The van der Waals surface area contributed by atoms with E-state index in [4.69, 9.17) is 32.7 Å². The summed E-state index contributed by atoms with van der Waals surface area (Å²) in [7, 11) is -3.70. The number of ether oxygens (including phenoxy) is 3. The molecule has 0 amide bonds. The lowest BCUT2D eigenvalue weighted by molar-refractivity contribution is -0.156. The summed E-state index contributed by atoms with van der Waals surface area (Å²) >= 11 is 12.4. The number of carbonyl (C=O) groups excluding carboxylic acids is 1. The van der Waals surface area contributed by atoms with Gasteiger partial charge in [-0.15, -0.1) is 0 Å². The fourth-order valence-electron chi connectivity index (χ4n) is 2.96. The Labute approximate surface area is 210 Å². The first-order chi connectivity index (χ1) is 16.5. The van der Waals surface area contributed by atoms with E-state index < -0.39 is 35.3 Å². The molecule has 35 heavy (non-hydrogen) atoms. The molecule has 1 aromatic heterocycles. The number of pyridine rings is 1. The molecule has 3 rings (SSSR count). The molecule has 0 aliphatic heterocycles. The Bertz CT molecular complexity index is 1130. The standard InChI is InChI=1S/C21H22Cl2F2N2O7S/c1-35(29,30)27-32-11-20(28)33-18(7-14-15(22)8-26-9-16(14)23)13-4-5-17(34-21(24)25)19(6-13)31-10-12-2-3-12/h4-6,8-9,12,18,21,27H,2-3,7,10-11H2,1H3/t18-/m0/s1. The van der Waals surface area contributed by atoms with Gasteiger partial charge in [0.05, 0.1) is 22.9 Å². The molecule has 1 fully saturated rings. The van der Waals surface area contributed by atoms with Crippen LogP contribution in [0.15, 0.2) is 30.6 Å². The Balaban J connectivity index is 1.87. The van der Waals surface area contributed by atoms with E-state index in [0.29, 0.717) is 23.7 Å². The monoisotopic (exact) mass is 554 g/mol. The SMILES string of the molecule is CS(=O)(=O)NOCC(=O)O[C@@H](Cc1c(Cl)cncc1Cl)c1ccc(OC(F)F)c(OCC2CC2)c1. The lowest BCUT2D eigenvalue weighted by Crippen LogP contribution is -2.27. The minimum atomic E-state index is -3.70. The van der Waals surface area contributed by atoms with Gasteiger partial charge in [0.2, 0.25) is 10.0 Å². The van der Waals surface area contributed by atoms with Gasteiger partial charge in [-0.25, -0.2) is 13.2 Å². The predicted molar refractivity (Wildman–Crippen MR) is 122 cm³/mol. The second-order valence-corrected chi connectivity index (χ2v) is 10.3. The maximum atomic E-state index is 12.9. The van der Waals surface area contributed by atoms with E-state index in [9.17, 15) is 22.0 Å². The Kier molecular flexibility index (Phi) is 9.47. The van der Waals surface area contributed by atoms with E-state index in [2.05, 4.69) is 14.6 Å². The molecule has 0 saturated heterocycles. The Morgan fingerprint density at radius 2 is 1.89 bits per heavy atom. The van der Waals surface area contributed by atoms with Crippen LogP contribution in [0, 0.1) is 5.92 Å². The van der Waals surface area contributed by atoms with Gasteiger partial charge in [0.1, 0.15) is 6.10 Å². The van der Waals surface area contributed by atoms with Gasteiger partial charge >= 0.3 is 12.6 Å². The second kappa shape index (κ2) is 12.1. The summed E-state index contributed by atoms with van der Waals surface area (Å²) in [6.07, 6.45) is 4.50. The molecule has 1 heterocycles. The molecule has 192 valence electrons. The number of carbonyl (C=O) groups is 1. The van der Waals surface area contributed by atoms with Gasteiger partial charge in [-0.05, 0) is 42.0 Å². The van der Waals surface area contributed by atoms with Gasteiger partial charge in [0, 0.05) is 18.8 Å². The van der Waals surface area contributed by atoms with Crippen LogP contribution in [0.3, 0.4) is 0 Å². The van der Waals surface area contributed by atoms with Crippen molar-refractivity contribution in [2.45, 2.75) is 32.0 Å². The summed E-state index contributed by atoms with van der Waals surface area (Å²) in [6.45, 7) is -3.48. The fourth-order valence-corrected chi connectivity index (χ4v) is 3.75. The topological polar surface area (TPSA) is 113 Å². The van der Waals surface area contributed by atoms with Gasteiger partial charge in [-0.1, -0.05) is 34.2 Å². The number of hydrogen-bond acceptors (Lipinski definition) is 8. The molecule has 9 nitrogen and oxygen atoms in total. The molecule has 1 saturated carbocycles. The summed E-state index contributed by atoms with van der Waals surface area (Å²) in [4.78, 5) is 22.6. The molecule has 1 aliphatic carbocycles. The number of nitrogens with zero attached hydrogens (tertiary/aromatic N) is 1. The first kappa shape index (κ1) is 27.3. The third-order valence-electron chi connectivity index (χ3n) is 4.74. The van der Waals surface area contributed by atoms with Gasteiger partial charge in [0.25, 0.3) is 0 Å². The molecule has 0 unspecified atom stereocenters. The maximum absolute atomic E-state index is 12.9. The average molecular weight is 555 g/mol. The van der Waals surface area contributed by atoms with E-state index in [1.165, 1.54) is 30.6 Å². The van der Waals surface area contributed by atoms with Crippen molar-refractivity contribution >= 4 is 39.2 Å². The van der Waals surface area contributed by atoms with Crippen LogP contribution in [0.1, 0.15) is 30.1 Å². The Hall–Kier alpha value is -2.25. The summed E-state index contributed by atoms with van der Waals surface area (Å²) in [6, 6.07) is 4.14. The van der Waals surface area contributed by atoms with Crippen molar-refractivity contribution < 1.29 is 41.0 Å². The molecule has 1 aliphatic rings. The third-order valence-corrected chi connectivity index (χ3v) is 5.81. The molecule has 0 radical (unpaired) electrons. The molecule has 0 bridgehead atoms. The van der Waals surface area contributed by atoms with Gasteiger partial charge in [0.15, 0.2) is 18.1 Å². The smallest absolute Gasteiger partial charge is 0.387 e. The summed E-state index contributed by atoms with van der Waals surface area (Å²) in [5, 5.41) is 0.438. The Morgan fingerprint density at radius 3 is 2.49 bits per heavy atom. The molecule has 2 aromatic rings. The number of sulfonamides is 1. The summed E-state index contributed by atoms with van der Waals surface area (Å²) in [5.41, 5.74) is 0.787. The van der Waals surface area contributed by atoms with E-state index in [1.807, 2.05) is 0 Å². The molecular weight excluding hydrogens is 533 g/mol. The van der Waals surface area contributed by atoms with Crippen molar-refractivity contribution in [3.63, 3.8) is 0 Å². The first-order valence-electron chi connectivity index (χ1n) is 10.3. The largest absolute Gasteiger partial charge is 0.489 e. The normalized spacial score (nSPS) is 14.6. The van der Waals surface area contributed by atoms with Crippen LogP contribution in [0.4, 0.5) is 8.78 Å². The first-order valence-corrected chi connectivity index (χ1v) is 12.9. The quantitative estimate of drug-likeness (QED) is 0.291. The van der Waals surface area contributed by atoms with E-state index in [0.717, 1.165) is 19.1 Å². The number of benzene rings is 1. The average Bonchev–Trinajstić information content (AvgIpc) is 3.58. The second-order valence-electron chi connectivity index (χ2n) is 7.75. The zero-order valence-electron chi connectivity index (χ0n) is 18.4. The van der Waals surface area contributed by atoms with E-state index in [-0.39, 0.29) is 28.0 Å². The number of aromatic nitrogens is 1. The number of nitrogens with one attached hydrogen (secondary N) is 1. The minimum absolute atomic E-state index is 0.0114. The van der Waals surface area contributed by atoms with E-state index >= 15 is 0 Å². The maximum Gasteiger partial charge on any atom is 0.387 e. The molecular formula is C21H22Cl2F2N2O7S. The van der Waals surface area contributed by atoms with Crippen molar-refractivity contribution in [3.8, 4) is 11.5 Å². The fraction of sp³-hybridized carbons (Fsp3) is 0.429. The number of halogens is 4. The number of esters is 1. The van der Waals surface area contributed by atoms with Crippen molar-refractivity contribution in [3.05, 3.63) is 51.8 Å². The van der Waals surface area contributed by atoms with Crippen molar-refractivity contribution in [2.24, 2.45) is 5.92 Å². The van der Waals surface area contributed by atoms with Crippen molar-refractivity contribution in [1.29, 1.82) is 0 Å². The minimum Gasteiger partial charge on any atom is -0.489 e. The molecule has 1 atom stereocenters. The number of hydrogen-bond donors (Lipinski definition) is 1. The Morgan fingerprint density at radius 1 is 1.20 bits per heavy atom. The van der Waals surface area contributed by atoms with Crippen LogP contribution in [0.25, 0.3) is 0 Å². The predicted octanol–water partition coefficient (Wildman–Crippen LogP) is 4.09. The lowest BCUT2D eigenvalue weighted by atomic mass is 10.0. The zero-order chi connectivity index (χ0) is 25.6. The highest BCUT2D eigenvalue weighted by Crippen LogP contribution is 2.37. The molecule has 1 aromatic carbocycles. The van der Waals surface area contributed by atoms with Crippen LogP contribution in [0.5, 0.6) is 11.5 Å². The van der Waals surface area contributed by atoms with E-state index in [1.54, 1.807) is 4.89 Å². The number of alkyl halides is 2. The van der Waals surface area contributed by atoms with Gasteiger partial charge < -0.3 is 14.2 Å². The molecule has 1 N–H and O–H groups in total. The van der Waals surface area contributed by atoms with Crippen LogP contribution in [-0.2, 0) is 30.8 Å². The lowest BCUT2D eigenvalue weighted by Gasteiger charge is -2.21. The van der Waals surface area contributed by atoms with Gasteiger partial charge in [-0.3, -0.25) is 9.82 Å². The highest BCUT2D eigenvalue weighted by Gasteiger charge is 2.26. The van der Waals surface area contributed by atoms with Crippen LogP contribution in [-0.4, -0.2) is 45.5 Å². The molecule has 14 heteroatoms. The van der Waals surface area contributed by atoms with Crippen LogP contribution < -0.4 is 14.4 Å². The third kappa shape index (κ3) is 9.04. The summed E-state index contributed by atoms with van der Waals surface area (Å²) in [5.74, 6) is -0.700. The zero-order valence-corrected chi connectivity index (χ0v) is 20.7. The van der Waals surface area contributed by atoms with Gasteiger partial charge in [-0.2, -0.15) is 8.78 Å². The van der Waals surface area contributed by atoms with Crippen LogP contribution >= 0.6 is 23.2 Å². The summed E-state index contributed by atoms with van der Waals surface area (Å²) < 4.78 is 63.8. The highest BCUT2D eigenvalue weighted by atomic mass is 35.5. The number of rotatable bonds is 13. The highest BCUT2D eigenvalue weighted by molar-refractivity contribution is 7.88. The molecule has 0 spiro atoms. The van der Waals surface area contributed by atoms with Crippen LogP contribution in [0.2, 0.25) is 10.0 Å².